The normalized spacial score (nSPS) is 11.2. The Morgan fingerprint density at radius 1 is 1.17 bits per heavy atom. The number of sulfonamides is 1. The van der Waals surface area contributed by atoms with Gasteiger partial charge < -0.3 is 9.72 Å². The second-order valence-electron chi connectivity index (χ2n) is 4.92. The van der Waals surface area contributed by atoms with E-state index in [0.717, 1.165) is 17.7 Å². The highest BCUT2D eigenvalue weighted by atomic mass is 32.2. The summed E-state index contributed by atoms with van der Waals surface area (Å²) in [4.78, 5) is 7.00. The van der Waals surface area contributed by atoms with Gasteiger partial charge in [0.25, 0.3) is 10.0 Å². The number of nitrogens with zero attached hydrogens (tertiary/aromatic N) is 1. The zero-order valence-electron chi connectivity index (χ0n) is 12.7. The molecule has 0 aliphatic carbocycles. The first-order valence-corrected chi connectivity index (χ1v) is 8.44. The van der Waals surface area contributed by atoms with Crippen molar-refractivity contribution >= 4 is 15.7 Å². The Morgan fingerprint density at radius 3 is 2.54 bits per heavy atom. The first-order chi connectivity index (χ1) is 11.5. The van der Waals surface area contributed by atoms with Crippen molar-refractivity contribution in [3.8, 4) is 17.1 Å². The molecule has 0 fully saturated rings. The van der Waals surface area contributed by atoms with Crippen molar-refractivity contribution < 1.29 is 17.5 Å². The molecule has 0 spiro atoms. The average molecular weight is 347 g/mol. The molecule has 2 N–H and O–H groups in total. The summed E-state index contributed by atoms with van der Waals surface area (Å²) in [5, 5.41) is 0. The molecule has 0 aliphatic heterocycles. The SMILES string of the molecule is COc1cc(S(=O)(=O)Nc2ccc(-c3ncc[nH]3)cc2)ccc1F. The van der Waals surface area contributed by atoms with Gasteiger partial charge in [0.2, 0.25) is 0 Å². The number of nitrogens with one attached hydrogen (secondary N) is 2. The summed E-state index contributed by atoms with van der Waals surface area (Å²) in [6, 6.07) is 10.1. The minimum Gasteiger partial charge on any atom is -0.494 e. The number of ether oxygens (including phenoxy) is 1. The predicted molar refractivity (Wildman–Crippen MR) is 87.8 cm³/mol. The molecular weight excluding hydrogens is 333 g/mol. The Bertz CT molecular complexity index is 939. The van der Waals surface area contributed by atoms with Crippen LogP contribution in [0.25, 0.3) is 11.4 Å². The lowest BCUT2D eigenvalue weighted by Crippen LogP contribution is -2.13. The molecular formula is C16H14FN3O3S. The van der Waals surface area contributed by atoms with Gasteiger partial charge in [0, 0.05) is 29.7 Å². The summed E-state index contributed by atoms with van der Waals surface area (Å²) in [6.45, 7) is 0. The van der Waals surface area contributed by atoms with E-state index in [9.17, 15) is 12.8 Å². The van der Waals surface area contributed by atoms with Crippen LogP contribution in [-0.2, 0) is 10.0 Å². The van der Waals surface area contributed by atoms with Gasteiger partial charge in [-0.3, -0.25) is 4.72 Å². The third-order valence-electron chi connectivity index (χ3n) is 3.34. The summed E-state index contributed by atoms with van der Waals surface area (Å²) in [7, 11) is -2.58. The number of aromatic amines is 1. The molecule has 3 rings (SSSR count). The number of aromatic nitrogens is 2. The molecule has 0 saturated heterocycles. The molecule has 124 valence electrons. The van der Waals surface area contributed by atoms with Crippen molar-refractivity contribution in [1.29, 1.82) is 0 Å². The van der Waals surface area contributed by atoms with Crippen LogP contribution in [0.1, 0.15) is 0 Å². The molecule has 0 bridgehead atoms. The molecule has 0 atom stereocenters. The summed E-state index contributed by atoms with van der Waals surface area (Å²) >= 11 is 0. The maximum atomic E-state index is 13.4. The van der Waals surface area contributed by atoms with Crippen LogP contribution >= 0.6 is 0 Å². The van der Waals surface area contributed by atoms with Gasteiger partial charge in [-0.05, 0) is 36.4 Å². The lowest BCUT2D eigenvalue weighted by molar-refractivity contribution is 0.385. The topological polar surface area (TPSA) is 84.1 Å². The molecule has 1 aromatic heterocycles. The fourth-order valence-corrected chi connectivity index (χ4v) is 3.21. The van der Waals surface area contributed by atoms with Crippen molar-refractivity contribution in [3.05, 3.63) is 60.7 Å². The van der Waals surface area contributed by atoms with E-state index in [0.29, 0.717) is 11.5 Å². The number of hydrogen-bond donors (Lipinski definition) is 2. The molecule has 24 heavy (non-hydrogen) atoms. The Hall–Kier alpha value is -2.87. The van der Waals surface area contributed by atoms with Crippen LogP contribution in [0.3, 0.4) is 0 Å². The van der Waals surface area contributed by atoms with Gasteiger partial charge in [-0.2, -0.15) is 0 Å². The van der Waals surface area contributed by atoms with Gasteiger partial charge in [0.1, 0.15) is 5.82 Å². The second kappa shape index (κ2) is 6.32. The molecule has 0 saturated carbocycles. The van der Waals surface area contributed by atoms with Gasteiger partial charge in [0.15, 0.2) is 11.6 Å². The molecule has 0 radical (unpaired) electrons. The Labute approximate surface area is 138 Å². The van der Waals surface area contributed by atoms with E-state index in [1.54, 1.807) is 36.7 Å². The lowest BCUT2D eigenvalue weighted by Gasteiger charge is -2.10. The number of anilines is 1. The third kappa shape index (κ3) is 3.23. The van der Waals surface area contributed by atoms with Crippen molar-refractivity contribution in [1.82, 2.24) is 9.97 Å². The largest absolute Gasteiger partial charge is 0.494 e. The first kappa shape index (κ1) is 16.0. The van der Waals surface area contributed by atoms with Crippen LogP contribution in [0.4, 0.5) is 10.1 Å². The summed E-state index contributed by atoms with van der Waals surface area (Å²) in [6.07, 6.45) is 3.34. The van der Waals surface area contributed by atoms with Gasteiger partial charge in [0.05, 0.1) is 12.0 Å². The number of hydrogen-bond acceptors (Lipinski definition) is 4. The minimum absolute atomic E-state index is 0.0872. The van der Waals surface area contributed by atoms with E-state index < -0.39 is 15.8 Å². The predicted octanol–water partition coefficient (Wildman–Crippen LogP) is 3.03. The fourth-order valence-electron chi connectivity index (χ4n) is 2.14. The van der Waals surface area contributed by atoms with Crippen molar-refractivity contribution in [2.24, 2.45) is 0 Å². The van der Waals surface area contributed by atoms with E-state index in [1.807, 2.05) is 0 Å². The highest BCUT2D eigenvalue weighted by Gasteiger charge is 2.17. The number of methoxy groups -OCH3 is 1. The zero-order valence-corrected chi connectivity index (χ0v) is 13.5. The van der Waals surface area contributed by atoms with Gasteiger partial charge >= 0.3 is 0 Å². The summed E-state index contributed by atoms with van der Waals surface area (Å²) in [5.41, 5.74) is 1.21. The van der Waals surface area contributed by atoms with E-state index >= 15 is 0 Å². The van der Waals surface area contributed by atoms with E-state index in [4.69, 9.17) is 4.74 Å². The van der Waals surface area contributed by atoms with Gasteiger partial charge in [-0.15, -0.1) is 0 Å². The van der Waals surface area contributed by atoms with Crippen molar-refractivity contribution in [2.45, 2.75) is 4.90 Å². The molecule has 2 aromatic carbocycles. The van der Waals surface area contributed by atoms with Crippen LogP contribution in [0.2, 0.25) is 0 Å². The number of imidazole rings is 1. The minimum atomic E-state index is -3.85. The van der Waals surface area contributed by atoms with Crippen LogP contribution in [-0.4, -0.2) is 25.5 Å². The van der Waals surface area contributed by atoms with Crippen LogP contribution < -0.4 is 9.46 Å². The monoisotopic (exact) mass is 347 g/mol. The van der Waals surface area contributed by atoms with E-state index in [-0.39, 0.29) is 10.6 Å². The standard InChI is InChI=1S/C16H14FN3O3S/c1-23-15-10-13(6-7-14(15)17)24(21,22)20-12-4-2-11(3-5-12)16-18-8-9-19-16/h2-10,20H,1H3,(H,18,19). The smallest absolute Gasteiger partial charge is 0.262 e. The summed E-state index contributed by atoms with van der Waals surface area (Å²) < 4.78 is 45.4. The zero-order chi connectivity index (χ0) is 17.2. The summed E-state index contributed by atoms with van der Waals surface area (Å²) in [5.74, 6) is -0.0713. The second-order valence-corrected chi connectivity index (χ2v) is 6.60. The Kier molecular flexibility index (Phi) is 4.22. The average Bonchev–Trinajstić information content (AvgIpc) is 3.10. The number of benzene rings is 2. The van der Waals surface area contributed by atoms with E-state index in [1.165, 1.54) is 13.2 Å². The molecule has 1 heterocycles. The Balaban J connectivity index is 1.84. The molecule has 3 aromatic rings. The van der Waals surface area contributed by atoms with Gasteiger partial charge in [-0.1, -0.05) is 0 Å². The van der Waals surface area contributed by atoms with E-state index in [2.05, 4.69) is 14.7 Å². The molecule has 0 amide bonds. The van der Waals surface area contributed by atoms with Crippen molar-refractivity contribution in [2.75, 3.05) is 11.8 Å². The Morgan fingerprint density at radius 2 is 1.92 bits per heavy atom. The maximum Gasteiger partial charge on any atom is 0.262 e. The van der Waals surface area contributed by atoms with Crippen LogP contribution in [0.5, 0.6) is 5.75 Å². The van der Waals surface area contributed by atoms with Crippen LogP contribution in [0, 0.1) is 5.82 Å². The molecule has 6 nitrogen and oxygen atoms in total. The first-order valence-electron chi connectivity index (χ1n) is 6.96. The van der Waals surface area contributed by atoms with Crippen LogP contribution in [0.15, 0.2) is 59.8 Å². The maximum absolute atomic E-state index is 13.4. The molecule has 8 heteroatoms. The molecule has 0 aliphatic rings. The highest BCUT2D eigenvalue weighted by Crippen LogP contribution is 2.24. The lowest BCUT2D eigenvalue weighted by atomic mass is 10.2. The van der Waals surface area contributed by atoms with Gasteiger partial charge in [-0.25, -0.2) is 17.8 Å². The quantitative estimate of drug-likeness (QED) is 0.743. The number of H-pyrrole nitrogens is 1. The molecule has 0 unspecified atom stereocenters. The third-order valence-corrected chi connectivity index (χ3v) is 4.72. The highest BCUT2D eigenvalue weighted by molar-refractivity contribution is 7.92. The number of halogens is 1. The fraction of sp³-hybridized carbons (Fsp3) is 0.0625. The van der Waals surface area contributed by atoms with Crippen molar-refractivity contribution in [3.63, 3.8) is 0 Å². The number of rotatable bonds is 5.